The molecule has 2 fully saturated rings. The van der Waals surface area contributed by atoms with E-state index >= 15 is 0 Å². The molecule has 7 nitrogen and oxygen atoms in total. The molecule has 2 aliphatic rings. The predicted octanol–water partition coefficient (Wildman–Crippen LogP) is 1.80. The Morgan fingerprint density at radius 1 is 1.21 bits per heavy atom. The molecule has 3 rings (SSSR count). The van der Waals surface area contributed by atoms with Crippen LogP contribution in [-0.2, 0) is 0 Å². The highest BCUT2D eigenvalue weighted by Gasteiger charge is 2.23. The van der Waals surface area contributed by atoms with E-state index in [4.69, 9.17) is 5.11 Å². The van der Waals surface area contributed by atoms with Crippen molar-refractivity contribution in [2.45, 2.75) is 25.7 Å². The van der Waals surface area contributed by atoms with Gasteiger partial charge in [0.25, 0.3) is 5.91 Å². The van der Waals surface area contributed by atoms with Gasteiger partial charge in [-0.3, -0.25) is 4.79 Å². The van der Waals surface area contributed by atoms with Crippen LogP contribution in [0.1, 0.15) is 36.0 Å². The Balaban J connectivity index is 1.50. The fraction of sp³-hybridized carbons (Fsp3) is 0.588. The lowest BCUT2D eigenvalue weighted by atomic mass is 9.97. The second-order valence-electron chi connectivity index (χ2n) is 6.52. The molecule has 2 aliphatic heterocycles. The van der Waals surface area contributed by atoms with E-state index in [1.54, 1.807) is 12.3 Å². The molecule has 2 N–H and O–H groups in total. The Hall–Kier alpha value is -2.31. The molecule has 1 aromatic rings. The van der Waals surface area contributed by atoms with Gasteiger partial charge in [-0.05, 0) is 43.7 Å². The van der Waals surface area contributed by atoms with E-state index in [-0.39, 0.29) is 5.91 Å². The first kappa shape index (κ1) is 16.5. The zero-order chi connectivity index (χ0) is 16.9. The molecule has 0 spiro atoms. The summed E-state index contributed by atoms with van der Waals surface area (Å²) in [6, 6.07) is 3.59. The molecule has 7 heteroatoms. The largest absolute Gasteiger partial charge is 0.465 e. The number of nitrogens with one attached hydrogen (secondary N) is 1. The maximum absolute atomic E-state index is 12.4. The molecule has 1 aromatic heterocycles. The van der Waals surface area contributed by atoms with E-state index < -0.39 is 6.09 Å². The average Bonchev–Trinajstić information content (AvgIpc) is 3.15. The number of carbonyl (C=O) groups is 2. The molecule has 0 aliphatic carbocycles. The fourth-order valence-electron chi connectivity index (χ4n) is 3.35. The lowest BCUT2D eigenvalue weighted by molar-refractivity contribution is 0.0928. The Morgan fingerprint density at radius 3 is 2.58 bits per heavy atom. The van der Waals surface area contributed by atoms with E-state index in [1.807, 2.05) is 6.07 Å². The number of piperidine rings is 1. The molecular formula is C17H24N4O3. The molecule has 0 radical (unpaired) electrons. The van der Waals surface area contributed by atoms with Gasteiger partial charge in [-0.25, -0.2) is 9.78 Å². The van der Waals surface area contributed by atoms with Crippen LogP contribution >= 0.6 is 0 Å². The third-order valence-electron chi connectivity index (χ3n) is 4.87. The highest BCUT2D eigenvalue weighted by atomic mass is 16.4. The SMILES string of the molecule is O=C(NCC1CCN(C(=O)O)CC1)c1ccnc(N2CCCC2)c1. The van der Waals surface area contributed by atoms with Crippen molar-refractivity contribution in [2.75, 3.05) is 37.6 Å². The number of amides is 2. The van der Waals surface area contributed by atoms with Crippen LogP contribution in [0.2, 0.25) is 0 Å². The maximum atomic E-state index is 12.4. The number of rotatable bonds is 4. The van der Waals surface area contributed by atoms with Crippen LogP contribution in [0.3, 0.4) is 0 Å². The molecule has 24 heavy (non-hydrogen) atoms. The van der Waals surface area contributed by atoms with Crippen molar-refractivity contribution in [3.05, 3.63) is 23.9 Å². The van der Waals surface area contributed by atoms with Crippen LogP contribution in [-0.4, -0.2) is 59.7 Å². The van der Waals surface area contributed by atoms with E-state index in [0.717, 1.165) is 31.7 Å². The van der Waals surface area contributed by atoms with Crippen molar-refractivity contribution < 1.29 is 14.7 Å². The summed E-state index contributed by atoms with van der Waals surface area (Å²) in [6.07, 6.45) is 4.77. The fourth-order valence-corrected chi connectivity index (χ4v) is 3.35. The number of hydrogen-bond donors (Lipinski definition) is 2. The number of likely N-dealkylation sites (tertiary alicyclic amines) is 1. The van der Waals surface area contributed by atoms with Crippen molar-refractivity contribution in [3.63, 3.8) is 0 Å². The van der Waals surface area contributed by atoms with E-state index in [1.165, 1.54) is 17.7 Å². The minimum absolute atomic E-state index is 0.0847. The Morgan fingerprint density at radius 2 is 1.92 bits per heavy atom. The number of carbonyl (C=O) groups excluding carboxylic acids is 1. The van der Waals surface area contributed by atoms with Gasteiger partial charge in [-0.2, -0.15) is 0 Å². The van der Waals surface area contributed by atoms with Crippen molar-refractivity contribution in [1.29, 1.82) is 0 Å². The van der Waals surface area contributed by atoms with Gasteiger partial charge >= 0.3 is 6.09 Å². The second-order valence-corrected chi connectivity index (χ2v) is 6.52. The van der Waals surface area contributed by atoms with Gasteiger partial charge in [-0.1, -0.05) is 0 Å². The Labute approximate surface area is 141 Å². The van der Waals surface area contributed by atoms with Gasteiger partial charge in [0.05, 0.1) is 0 Å². The maximum Gasteiger partial charge on any atom is 0.407 e. The number of carboxylic acid groups (broad SMARTS) is 1. The van der Waals surface area contributed by atoms with Crippen LogP contribution < -0.4 is 10.2 Å². The summed E-state index contributed by atoms with van der Waals surface area (Å²) >= 11 is 0. The van der Waals surface area contributed by atoms with Gasteiger partial charge in [-0.15, -0.1) is 0 Å². The molecule has 0 bridgehead atoms. The van der Waals surface area contributed by atoms with Gasteiger partial charge in [0.1, 0.15) is 5.82 Å². The summed E-state index contributed by atoms with van der Waals surface area (Å²) in [5, 5.41) is 11.9. The third-order valence-corrected chi connectivity index (χ3v) is 4.87. The number of aromatic nitrogens is 1. The molecule has 0 aromatic carbocycles. The quantitative estimate of drug-likeness (QED) is 0.878. The number of pyridine rings is 1. The Kier molecular flexibility index (Phi) is 5.17. The van der Waals surface area contributed by atoms with Crippen LogP contribution in [0.15, 0.2) is 18.3 Å². The average molecular weight is 332 g/mol. The molecule has 0 atom stereocenters. The summed E-state index contributed by atoms with van der Waals surface area (Å²) in [5.74, 6) is 1.12. The first-order valence-electron chi connectivity index (χ1n) is 8.60. The molecule has 2 amide bonds. The van der Waals surface area contributed by atoms with Gasteiger partial charge in [0, 0.05) is 44.5 Å². The topological polar surface area (TPSA) is 85.8 Å². The summed E-state index contributed by atoms with van der Waals surface area (Å²) in [5.41, 5.74) is 0.634. The van der Waals surface area contributed by atoms with Gasteiger partial charge < -0.3 is 20.2 Å². The number of hydrogen-bond acceptors (Lipinski definition) is 4. The summed E-state index contributed by atoms with van der Waals surface area (Å²) in [7, 11) is 0. The normalized spacial score (nSPS) is 18.7. The van der Waals surface area contributed by atoms with Gasteiger partial charge in [0.2, 0.25) is 0 Å². The van der Waals surface area contributed by atoms with Crippen LogP contribution in [0, 0.1) is 5.92 Å². The molecule has 3 heterocycles. The lowest BCUT2D eigenvalue weighted by Crippen LogP contribution is -2.40. The van der Waals surface area contributed by atoms with Crippen molar-refractivity contribution in [2.24, 2.45) is 5.92 Å². The smallest absolute Gasteiger partial charge is 0.407 e. The third kappa shape index (κ3) is 3.96. The van der Waals surface area contributed by atoms with Crippen molar-refractivity contribution >= 4 is 17.8 Å². The van der Waals surface area contributed by atoms with Crippen LogP contribution in [0.5, 0.6) is 0 Å². The van der Waals surface area contributed by atoms with E-state index in [2.05, 4.69) is 15.2 Å². The van der Waals surface area contributed by atoms with Crippen LogP contribution in [0.4, 0.5) is 10.6 Å². The summed E-state index contributed by atoms with van der Waals surface area (Å²) in [6.45, 7) is 3.68. The minimum Gasteiger partial charge on any atom is -0.465 e. The molecular weight excluding hydrogens is 308 g/mol. The van der Waals surface area contributed by atoms with E-state index in [9.17, 15) is 9.59 Å². The first-order chi connectivity index (χ1) is 11.6. The van der Waals surface area contributed by atoms with Gasteiger partial charge in [0.15, 0.2) is 0 Å². The predicted molar refractivity (Wildman–Crippen MR) is 90.3 cm³/mol. The lowest BCUT2D eigenvalue weighted by Gasteiger charge is -2.30. The zero-order valence-corrected chi connectivity index (χ0v) is 13.8. The highest BCUT2D eigenvalue weighted by Crippen LogP contribution is 2.19. The van der Waals surface area contributed by atoms with E-state index in [0.29, 0.717) is 31.1 Å². The summed E-state index contributed by atoms with van der Waals surface area (Å²) in [4.78, 5) is 31.3. The number of anilines is 1. The molecule has 130 valence electrons. The first-order valence-corrected chi connectivity index (χ1v) is 8.60. The molecule has 0 saturated carbocycles. The highest BCUT2D eigenvalue weighted by molar-refractivity contribution is 5.94. The monoisotopic (exact) mass is 332 g/mol. The van der Waals surface area contributed by atoms with Crippen LogP contribution in [0.25, 0.3) is 0 Å². The zero-order valence-electron chi connectivity index (χ0n) is 13.8. The van der Waals surface area contributed by atoms with Crippen molar-refractivity contribution in [1.82, 2.24) is 15.2 Å². The summed E-state index contributed by atoms with van der Waals surface area (Å²) < 4.78 is 0. The second kappa shape index (κ2) is 7.51. The Bertz CT molecular complexity index is 593. The minimum atomic E-state index is -0.858. The number of nitrogens with zero attached hydrogens (tertiary/aromatic N) is 3. The molecule has 0 unspecified atom stereocenters. The van der Waals surface area contributed by atoms with Crippen molar-refractivity contribution in [3.8, 4) is 0 Å². The molecule has 2 saturated heterocycles. The standard InChI is InChI=1S/C17H24N4O3/c22-16(19-12-13-4-9-21(10-5-13)17(23)24)14-3-6-18-15(11-14)20-7-1-2-8-20/h3,6,11,13H,1-2,4-5,7-10,12H2,(H,19,22)(H,23,24).